The maximum Gasteiger partial charge on any atom is 0.190 e. The molecule has 0 unspecified atom stereocenters. The molecule has 0 fully saturated rings. The monoisotopic (exact) mass is 1170 g/mol. The Morgan fingerprint density at radius 2 is 1.24 bits per heavy atom. The Morgan fingerprint density at radius 1 is 0.475 bits per heavy atom. The van der Waals surface area contributed by atoms with Gasteiger partial charge in [0.05, 0.1) is 55.0 Å². The molecule has 0 aliphatic carbocycles. The summed E-state index contributed by atoms with van der Waals surface area (Å²) in [6.45, 7) is 27.7. The number of hydrogen-bond donors (Lipinski definition) is 0. The van der Waals surface area contributed by atoms with Crippen molar-refractivity contribution >= 4 is 45.7 Å². The fraction of sp³-hybridized carbons (Fsp3) is 0.254. The number of rotatable bonds is 0. The molecule has 0 bridgehead atoms. The Morgan fingerprint density at radius 3 is 1.40 bits per heavy atom. The molecule has 0 saturated heterocycles. The van der Waals surface area contributed by atoms with Crippen molar-refractivity contribution in [2.75, 3.05) is 0 Å². The molecular weight excluding hydrogens is 1090 g/mol. The number of hydrogen-bond acceptors (Lipinski definition) is 20. The fourth-order valence-corrected chi connectivity index (χ4v) is 6.84. The third-order valence-electron chi connectivity index (χ3n) is 8.30. The zero-order chi connectivity index (χ0) is 59.0. The Hall–Kier alpha value is -8.24. The van der Waals surface area contributed by atoms with Crippen LogP contribution in [0.1, 0.15) is 76.3 Å². The molecule has 80 heavy (non-hydrogen) atoms. The first-order valence-electron chi connectivity index (χ1n) is 24.4. The van der Waals surface area contributed by atoms with Crippen molar-refractivity contribution in [1.82, 2.24) is 43.7 Å². The van der Waals surface area contributed by atoms with E-state index in [1.165, 1.54) is 72.1 Å². The van der Waals surface area contributed by atoms with Crippen LogP contribution in [0.3, 0.4) is 0 Å². The van der Waals surface area contributed by atoms with E-state index < -0.39 is 0 Å². The Balaban J connectivity index is 0.000000433. The van der Waals surface area contributed by atoms with Crippen molar-refractivity contribution in [2.24, 2.45) is 7.05 Å². The molecule has 0 N–H and O–H groups in total. The first kappa shape index (κ1) is 69.8. The van der Waals surface area contributed by atoms with Gasteiger partial charge in [0.25, 0.3) is 0 Å². The minimum Gasteiger partial charge on any atom is -0.472 e. The zero-order valence-electron chi connectivity index (χ0n) is 48.2. The highest BCUT2D eigenvalue weighted by Gasteiger charge is 1.86. The van der Waals surface area contributed by atoms with Gasteiger partial charge in [0.1, 0.15) is 42.3 Å². The van der Waals surface area contributed by atoms with Crippen LogP contribution >= 0.6 is 45.7 Å². The maximum absolute atomic E-state index is 4.83. The molecule has 13 rings (SSSR count). The Labute approximate surface area is 486 Å². The first-order valence-corrected chi connectivity index (χ1v) is 27.7. The fourth-order valence-electron chi connectivity index (χ4n) is 4.44. The summed E-state index contributed by atoms with van der Waals surface area (Å²) < 4.78 is 46.8. The third kappa shape index (κ3) is 43.8. The van der Waals surface area contributed by atoms with Gasteiger partial charge in [-0.25, -0.2) is 23.7 Å². The molecule has 0 aliphatic heterocycles. The van der Waals surface area contributed by atoms with Crippen LogP contribution in [0, 0.1) is 96.9 Å². The van der Waals surface area contributed by atoms with Crippen LogP contribution in [-0.4, -0.2) is 43.7 Å². The topological polar surface area (TPSA) is 213 Å². The predicted octanol–water partition coefficient (Wildman–Crippen LogP) is 17.7. The van der Waals surface area contributed by atoms with E-state index in [1.807, 2.05) is 146 Å². The van der Waals surface area contributed by atoms with Crippen molar-refractivity contribution in [3.63, 3.8) is 0 Å². The number of thiophene rings is 2. The van der Waals surface area contributed by atoms with Crippen LogP contribution in [-0.2, 0) is 7.05 Å². The van der Waals surface area contributed by atoms with Crippen molar-refractivity contribution in [2.45, 2.75) is 96.9 Å². The van der Waals surface area contributed by atoms with E-state index in [-0.39, 0.29) is 0 Å². The average molecular weight is 1170 g/mol. The summed E-state index contributed by atoms with van der Waals surface area (Å²) in [5.41, 5.74) is 6.72. The lowest BCUT2D eigenvalue weighted by atomic mass is 10.4. The quantitative estimate of drug-likeness (QED) is 0.138. The lowest BCUT2D eigenvalue weighted by Crippen LogP contribution is -1.75. The third-order valence-corrected chi connectivity index (χ3v) is 11.5. The van der Waals surface area contributed by atoms with Crippen LogP contribution in [0.15, 0.2) is 219 Å². The smallest absolute Gasteiger partial charge is 0.190 e. The predicted molar refractivity (Wildman–Crippen MR) is 321 cm³/mol. The van der Waals surface area contributed by atoms with E-state index in [1.54, 1.807) is 105 Å². The van der Waals surface area contributed by atoms with Crippen LogP contribution in [0.5, 0.6) is 0 Å². The number of oxazole rings is 3. The van der Waals surface area contributed by atoms with Crippen LogP contribution < -0.4 is 0 Å². The van der Waals surface area contributed by atoms with Gasteiger partial charge in [0.15, 0.2) is 18.7 Å². The second-order valence-electron chi connectivity index (χ2n) is 16.3. The molecule has 13 heterocycles. The van der Waals surface area contributed by atoms with E-state index in [2.05, 4.69) is 108 Å². The van der Waals surface area contributed by atoms with E-state index in [0.717, 1.165) is 40.1 Å². The molecule has 0 amide bonds. The number of furan rings is 2. The van der Waals surface area contributed by atoms with Crippen molar-refractivity contribution < 1.29 is 35.7 Å². The van der Waals surface area contributed by atoms with E-state index in [0.29, 0.717) is 0 Å². The van der Waals surface area contributed by atoms with Gasteiger partial charge in [-0.2, -0.15) is 0 Å². The van der Waals surface area contributed by atoms with E-state index >= 15 is 0 Å². The SMILES string of the molecule is Cc1ccc(C)s1.Cc1ccco1.Cc1ccno1.Cc1ccns1.Cc1ccoc1.Cc1ccon1.Cc1cnco1.Cc1cnoc1.Cc1cnsc1.Cc1cocn1.Cc1csc(C)c1.Cc1ncco1.Cn1cccc1. The summed E-state index contributed by atoms with van der Waals surface area (Å²) in [5, 5.41) is 14.6. The van der Waals surface area contributed by atoms with Gasteiger partial charge in [-0.1, -0.05) is 15.5 Å². The lowest BCUT2D eigenvalue weighted by Gasteiger charge is -1.79. The lowest BCUT2D eigenvalue weighted by molar-refractivity contribution is 0.397. The van der Waals surface area contributed by atoms with Gasteiger partial charge in [0.2, 0.25) is 0 Å². The Kier molecular flexibility index (Phi) is 39.9. The first-order chi connectivity index (χ1) is 38.4. The second-order valence-corrected chi connectivity index (χ2v) is 20.6. The van der Waals surface area contributed by atoms with Gasteiger partial charge in [0, 0.05) is 81.3 Å². The summed E-state index contributed by atoms with van der Waals surface area (Å²) in [4.78, 5) is 16.6. The molecule has 13 aromatic heterocycles. The molecule has 17 nitrogen and oxygen atoms in total. The van der Waals surface area contributed by atoms with Gasteiger partial charge >= 0.3 is 0 Å². The van der Waals surface area contributed by atoms with E-state index in [9.17, 15) is 0 Å². The van der Waals surface area contributed by atoms with Crippen LogP contribution in [0.25, 0.3) is 0 Å². The molecule has 21 heteroatoms. The minimum atomic E-state index is 0.718. The molecule has 0 aliphatic rings. The van der Waals surface area contributed by atoms with Gasteiger partial charge < -0.3 is 40.2 Å². The average Bonchev–Trinajstić information content (AvgIpc) is 4.24. The molecule has 0 spiro atoms. The van der Waals surface area contributed by atoms with Gasteiger partial charge in [-0.15, -0.1) is 22.7 Å². The highest BCUT2D eigenvalue weighted by molar-refractivity contribution is 7.11. The second kappa shape index (κ2) is 45.7. The summed E-state index contributed by atoms with van der Waals surface area (Å²) >= 11 is 6.66. The zero-order valence-corrected chi connectivity index (χ0v) is 51.5. The highest BCUT2D eigenvalue weighted by Crippen LogP contribution is 2.12. The molecule has 0 atom stereocenters. The largest absolute Gasteiger partial charge is 0.472 e. The normalized spacial score (nSPS) is 8.94. The molecular formula is C59H75N9O8S4. The van der Waals surface area contributed by atoms with E-state index in [4.69, 9.17) is 17.7 Å². The Bertz CT molecular complexity index is 2450. The summed E-state index contributed by atoms with van der Waals surface area (Å²) in [6, 6.07) is 21.8. The highest BCUT2D eigenvalue weighted by atomic mass is 32.1. The number of aryl methyl sites for hydroxylation is 15. The molecule has 0 aromatic carbocycles. The maximum atomic E-state index is 4.83. The van der Waals surface area contributed by atoms with Crippen molar-refractivity contribution in [3.8, 4) is 0 Å². The van der Waals surface area contributed by atoms with Gasteiger partial charge in [-0.05, 0) is 190 Å². The summed E-state index contributed by atoms with van der Waals surface area (Å²) in [7, 11) is 2.00. The van der Waals surface area contributed by atoms with Crippen molar-refractivity contribution in [3.05, 3.63) is 260 Å². The summed E-state index contributed by atoms with van der Waals surface area (Å²) in [5.74, 6) is 3.40. The molecule has 13 aromatic rings. The number of nitrogens with zero attached hydrogens (tertiary/aromatic N) is 9. The molecule has 0 saturated carbocycles. The summed E-state index contributed by atoms with van der Waals surface area (Å²) in [6.07, 6.45) is 28.4. The number of aromatic nitrogens is 9. The van der Waals surface area contributed by atoms with Crippen LogP contribution in [0.2, 0.25) is 0 Å². The minimum absolute atomic E-state index is 0.718. The molecule has 428 valence electrons. The van der Waals surface area contributed by atoms with Crippen LogP contribution in [0.4, 0.5) is 0 Å². The van der Waals surface area contributed by atoms with Gasteiger partial charge in [-0.3, -0.25) is 0 Å². The van der Waals surface area contributed by atoms with Crippen molar-refractivity contribution in [1.29, 1.82) is 0 Å². The molecule has 0 radical (unpaired) electrons. The standard InChI is InChI=1S/2C6H8S.C5H7N.2C5H6O.6C4H5NO.2C4H5NS/c1-5-3-6(2)7-4-5;1-5-3-4-6(2)7-5;1-6-4-2-3-5-6;1-5-2-3-6-4-5;1-5-3-2-4-6-5;1-4-2-6-3-5-4;1-4-2-5-3-6-4;1-4-2-5-6-3-4;1-4-5-2-3-6-4;1-4-2-3-6-5-4;1-4-2-3-5-6-4;1-4-2-5-6-3-4;1-4-2-3-5-6-4/h2*3-4H,1-2H3;2-5H,1H3;2*2-4H,1H3;8*2-3H,1H3.